The summed E-state index contributed by atoms with van der Waals surface area (Å²) in [4.78, 5) is 15.4. The highest BCUT2D eigenvalue weighted by atomic mass is 32.2. The van der Waals surface area contributed by atoms with Gasteiger partial charge in [0.2, 0.25) is 5.91 Å². The van der Waals surface area contributed by atoms with Crippen molar-refractivity contribution in [2.24, 2.45) is 16.7 Å². The summed E-state index contributed by atoms with van der Waals surface area (Å²) in [6.07, 6.45) is 0. The zero-order valence-electron chi connectivity index (χ0n) is 8.06. The number of amides is 1. The standard InChI is InChI=1S/C7H11N5OS2/c1-4-2-15-7(10-4)11-5(13)3-14-6(8)12-9/h2H,3,9H2,1H3,(H2,8,12)(H,10,11,13). The van der Waals surface area contributed by atoms with E-state index in [1.807, 2.05) is 12.3 Å². The summed E-state index contributed by atoms with van der Waals surface area (Å²) >= 11 is 2.46. The molecule has 0 aliphatic rings. The Labute approximate surface area is 95.1 Å². The maximum absolute atomic E-state index is 11.3. The van der Waals surface area contributed by atoms with Crippen LogP contribution >= 0.6 is 23.1 Å². The number of hydrazone groups is 1. The molecule has 0 spiro atoms. The smallest absolute Gasteiger partial charge is 0.236 e. The molecule has 0 bridgehead atoms. The van der Waals surface area contributed by atoms with Gasteiger partial charge in [-0.3, -0.25) is 4.79 Å². The SMILES string of the molecule is Cc1csc(NC(=O)CSC(N)=NN)n1. The maximum atomic E-state index is 11.3. The van der Waals surface area contributed by atoms with Crippen LogP contribution in [-0.2, 0) is 4.79 Å². The predicted octanol–water partition coefficient (Wildman–Crippen LogP) is 0.312. The second-order valence-corrected chi connectivity index (χ2v) is 4.45. The van der Waals surface area contributed by atoms with Gasteiger partial charge in [-0.25, -0.2) is 4.98 Å². The summed E-state index contributed by atoms with van der Waals surface area (Å²) in [5, 5.41) is 8.50. The first-order valence-corrected chi connectivity index (χ1v) is 5.86. The minimum absolute atomic E-state index is 0.172. The minimum Gasteiger partial charge on any atom is -0.377 e. The topological polar surface area (TPSA) is 106 Å². The van der Waals surface area contributed by atoms with E-state index >= 15 is 0 Å². The number of thiazole rings is 1. The third-order valence-corrected chi connectivity index (χ3v) is 3.03. The Morgan fingerprint density at radius 1 is 1.80 bits per heavy atom. The molecule has 6 nitrogen and oxygen atoms in total. The van der Waals surface area contributed by atoms with Gasteiger partial charge in [0.15, 0.2) is 10.3 Å². The molecule has 1 amide bonds. The van der Waals surface area contributed by atoms with E-state index in [1.54, 1.807) is 0 Å². The lowest BCUT2D eigenvalue weighted by molar-refractivity contribution is -0.113. The van der Waals surface area contributed by atoms with Gasteiger partial charge in [-0.2, -0.15) is 5.10 Å². The molecule has 0 saturated heterocycles. The quantitative estimate of drug-likeness (QED) is 0.307. The van der Waals surface area contributed by atoms with Crippen molar-refractivity contribution >= 4 is 39.3 Å². The molecular formula is C7H11N5OS2. The summed E-state index contributed by atoms with van der Waals surface area (Å²) in [5.74, 6) is 4.91. The molecule has 5 N–H and O–H groups in total. The summed E-state index contributed by atoms with van der Waals surface area (Å²) in [5.41, 5.74) is 6.19. The number of hydrogen-bond donors (Lipinski definition) is 3. The first-order chi connectivity index (χ1) is 7.11. The molecule has 0 radical (unpaired) electrons. The van der Waals surface area contributed by atoms with Crippen molar-refractivity contribution in [3.05, 3.63) is 11.1 Å². The average Bonchev–Trinajstić information content (AvgIpc) is 2.60. The fourth-order valence-electron chi connectivity index (χ4n) is 0.743. The highest BCUT2D eigenvalue weighted by molar-refractivity contribution is 8.14. The van der Waals surface area contributed by atoms with Crippen LogP contribution in [0.1, 0.15) is 5.69 Å². The largest absolute Gasteiger partial charge is 0.377 e. The number of hydrogen-bond acceptors (Lipinski definition) is 6. The number of amidine groups is 1. The number of nitrogens with two attached hydrogens (primary N) is 2. The fraction of sp³-hybridized carbons (Fsp3) is 0.286. The van der Waals surface area contributed by atoms with Gasteiger partial charge in [0.1, 0.15) is 0 Å². The number of nitrogens with one attached hydrogen (secondary N) is 1. The molecule has 0 aliphatic heterocycles. The average molecular weight is 245 g/mol. The molecule has 1 rings (SSSR count). The van der Waals surface area contributed by atoms with E-state index in [9.17, 15) is 4.79 Å². The van der Waals surface area contributed by atoms with Crippen molar-refractivity contribution < 1.29 is 4.79 Å². The van der Waals surface area contributed by atoms with E-state index in [0.717, 1.165) is 17.5 Å². The van der Waals surface area contributed by atoms with Gasteiger partial charge in [-0.05, 0) is 6.92 Å². The molecule has 82 valence electrons. The van der Waals surface area contributed by atoms with Crippen molar-refractivity contribution in [3.63, 3.8) is 0 Å². The van der Waals surface area contributed by atoms with Gasteiger partial charge in [0.25, 0.3) is 0 Å². The maximum Gasteiger partial charge on any atom is 0.236 e. The number of carbonyl (C=O) groups is 1. The van der Waals surface area contributed by atoms with Crippen molar-refractivity contribution in [2.75, 3.05) is 11.1 Å². The van der Waals surface area contributed by atoms with Crippen molar-refractivity contribution in [1.29, 1.82) is 0 Å². The van der Waals surface area contributed by atoms with E-state index in [-0.39, 0.29) is 16.8 Å². The number of carbonyl (C=O) groups excluding carboxylic acids is 1. The first-order valence-electron chi connectivity index (χ1n) is 4.00. The molecule has 15 heavy (non-hydrogen) atoms. The third kappa shape index (κ3) is 4.17. The lowest BCUT2D eigenvalue weighted by Gasteiger charge is -2.00. The number of nitrogens with zero attached hydrogens (tertiary/aromatic N) is 2. The second-order valence-electron chi connectivity index (χ2n) is 2.60. The van der Waals surface area contributed by atoms with Crippen LogP contribution in [0, 0.1) is 6.92 Å². The highest BCUT2D eigenvalue weighted by Gasteiger charge is 2.06. The zero-order chi connectivity index (χ0) is 11.3. The summed E-state index contributed by atoms with van der Waals surface area (Å²) in [6.45, 7) is 1.86. The molecule has 8 heteroatoms. The molecule has 1 aromatic heterocycles. The van der Waals surface area contributed by atoms with Crippen LogP contribution in [0.25, 0.3) is 0 Å². The summed E-state index contributed by atoms with van der Waals surface area (Å²) in [6, 6.07) is 0. The molecule has 1 heterocycles. The van der Waals surface area contributed by atoms with Crippen LogP contribution in [0.2, 0.25) is 0 Å². The van der Waals surface area contributed by atoms with E-state index in [1.165, 1.54) is 11.3 Å². The van der Waals surface area contributed by atoms with Gasteiger partial charge < -0.3 is 16.9 Å². The van der Waals surface area contributed by atoms with E-state index < -0.39 is 0 Å². The fourth-order valence-corrected chi connectivity index (χ4v) is 1.87. The summed E-state index contributed by atoms with van der Waals surface area (Å²) < 4.78 is 0. The van der Waals surface area contributed by atoms with Gasteiger partial charge in [-0.1, -0.05) is 11.8 Å². The Balaban J connectivity index is 2.37. The van der Waals surface area contributed by atoms with Crippen LogP contribution in [0.15, 0.2) is 10.5 Å². The third-order valence-electron chi connectivity index (χ3n) is 1.34. The number of thioether (sulfide) groups is 1. The summed E-state index contributed by atoms with van der Waals surface area (Å²) in [7, 11) is 0. The van der Waals surface area contributed by atoms with Crippen LogP contribution in [0.3, 0.4) is 0 Å². The number of anilines is 1. The van der Waals surface area contributed by atoms with Gasteiger partial charge in [0, 0.05) is 5.38 Å². The van der Waals surface area contributed by atoms with E-state index in [4.69, 9.17) is 11.6 Å². The van der Waals surface area contributed by atoms with Crippen LogP contribution in [0.5, 0.6) is 0 Å². The number of aromatic nitrogens is 1. The molecule has 0 atom stereocenters. The molecular weight excluding hydrogens is 234 g/mol. The van der Waals surface area contributed by atoms with E-state index in [0.29, 0.717) is 5.13 Å². The van der Waals surface area contributed by atoms with Gasteiger partial charge >= 0.3 is 0 Å². The van der Waals surface area contributed by atoms with E-state index in [2.05, 4.69) is 15.4 Å². The molecule has 0 saturated carbocycles. The van der Waals surface area contributed by atoms with Crippen LogP contribution in [0.4, 0.5) is 5.13 Å². The number of rotatable bonds is 3. The molecule has 0 fully saturated rings. The zero-order valence-corrected chi connectivity index (χ0v) is 9.69. The Bertz CT molecular complexity index is 375. The Kier molecular flexibility index (Phi) is 4.37. The molecule has 1 aromatic rings. The van der Waals surface area contributed by atoms with Gasteiger partial charge in [0.05, 0.1) is 11.4 Å². The highest BCUT2D eigenvalue weighted by Crippen LogP contribution is 2.14. The lowest BCUT2D eigenvalue weighted by atomic mass is 10.6. The lowest BCUT2D eigenvalue weighted by Crippen LogP contribution is -2.18. The van der Waals surface area contributed by atoms with Crippen LogP contribution in [-0.4, -0.2) is 21.8 Å². The molecule has 0 aromatic carbocycles. The van der Waals surface area contributed by atoms with Crippen molar-refractivity contribution in [1.82, 2.24) is 4.98 Å². The minimum atomic E-state index is -0.180. The predicted molar refractivity (Wildman–Crippen MR) is 63.7 cm³/mol. The number of aryl methyl sites for hydroxylation is 1. The Morgan fingerprint density at radius 3 is 3.07 bits per heavy atom. The monoisotopic (exact) mass is 245 g/mol. The van der Waals surface area contributed by atoms with Gasteiger partial charge in [-0.15, -0.1) is 11.3 Å². The first kappa shape index (κ1) is 11.8. The normalized spacial score (nSPS) is 11.4. The second kappa shape index (κ2) is 5.56. The van der Waals surface area contributed by atoms with Crippen LogP contribution < -0.4 is 16.9 Å². The van der Waals surface area contributed by atoms with Crippen molar-refractivity contribution in [3.8, 4) is 0 Å². The molecule has 0 aliphatic carbocycles. The molecule has 0 unspecified atom stereocenters. The Morgan fingerprint density at radius 2 is 2.53 bits per heavy atom. The Hall–Kier alpha value is -1.28. The van der Waals surface area contributed by atoms with Crippen molar-refractivity contribution in [2.45, 2.75) is 6.92 Å².